The molecule has 1 saturated carbocycles. The number of nitrogens with one attached hydrogen (secondary N) is 2. The van der Waals surface area contributed by atoms with Crippen molar-refractivity contribution in [3.63, 3.8) is 0 Å². The van der Waals surface area contributed by atoms with Gasteiger partial charge in [-0.2, -0.15) is 0 Å². The van der Waals surface area contributed by atoms with Crippen LogP contribution in [0.4, 0.5) is 11.6 Å². The van der Waals surface area contributed by atoms with E-state index in [1.54, 1.807) is 6.20 Å². The van der Waals surface area contributed by atoms with E-state index in [1.807, 2.05) is 24.3 Å². The average Bonchev–Trinajstić information content (AvgIpc) is 2.65. The molecule has 0 radical (unpaired) electrons. The van der Waals surface area contributed by atoms with Gasteiger partial charge < -0.3 is 16.4 Å². The molecular weight excluding hydrogens is 334 g/mol. The van der Waals surface area contributed by atoms with Crippen LogP contribution in [0.5, 0.6) is 0 Å². The van der Waals surface area contributed by atoms with E-state index < -0.39 is 0 Å². The standard InChI is InChI=1S/C19H26ClN5/c20-16-13-23-19(24-14-6-2-1-3-7-14)12-15(16)17-8-4-9-18(25-17)22-11-5-10-21/h4,8-9,12-14H,1-3,5-7,10-11,21H2,(H,22,25)(H,23,24). The van der Waals surface area contributed by atoms with Gasteiger partial charge in [0.2, 0.25) is 0 Å². The smallest absolute Gasteiger partial charge is 0.126 e. The third kappa shape index (κ3) is 5.06. The number of pyridine rings is 2. The second-order valence-electron chi connectivity index (χ2n) is 6.51. The van der Waals surface area contributed by atoms with E-state index in [1.165, 1.54) is 32.1 Å². The Kier molecular flexibility index (Phi) is 6.48. The SMILES string of the molecule is NCCCNc1cccc(-c2cc(NC3CCCCC3)ncc2Cl)n1. The maximum Gasteiger partial charge on any atom is 0.126 e. The summed E-state index contributed by atoms with van der Waals surface area (Å²) in [5.74, 6) is 1.70. The lowest BCUT2D eigenvalue weighted by molar-refractivity contribution is 0.462. The monoisotopic (exact) mass is 359 g/mol. The zero-order valence-corrected chi connectivity index (χ0v) is 15.2. The van der Waals surface area contributed by atoms with E-state index in [4.69, 9.17) is 17.3 Å². The predicted octanol–water partition coefficient (Wildman–Crippen LogP) is 4.30. The Morgan fingerprint density at radius 3 is 2.80 bits per heavy atom. The Morgan fingerprint density at radius 1 is 1.16 bits per heavy atom. The number of hydrogen-bond acceptors (Lipinski definition) is 5. The molecule has 4 N–H and O–H groups in total. The van der Waals surface area contributed by atoms with Gasteiger partial charge in [0.15, 0.2) is 0 Å². The van der Waals surface area contributed by atoms with Crippen LogP contribution in [0, 0.1) is 0 Å². The summed E-state index contributed by atoms with van der Waals surface area (Å²) in [7, 11) is 0. The van der Waals surface area contributed by atoms with E-state index in [0.717, 1.165) is 35.9 Å². The molecule has 2 aromatic rings. The van der Waals surface area contributed by atoms with E-state index in [9.17, 15) is 0 Å². The molecule has 0 saturated heterocycles. The van der Waals surface area contributed by atoms with Crippen molar-refractivity contribution in [1.82, 2.24) is 9.97 Å². The van der Waals surface area contributed by atoms with Crippen molar-refractivity contribution in [2.24, 2.45) is 5.73 Å². The molecule has 0 spiro atoms. The predicted molar refractivity (Wildman–Crippen MR) is 105 cm³/mol. The maximum atomic E-state index is 6.39. The quantitative estimate of drug-likeness (QED) is 0.642. The van der Waals surface area contributed by atoms with Gasteiger partial charge >= 0.3 is 0 Å². The molecule has 25 heavy (non-hydrogen) atoms. The number of nitrogens with zero attached hydrogens (tertiary/aromatic N) is 2. The first-order valence-electron chi connectivity index (χ1n) is 9.10. The fraction of sp³-hybridized carbons (Fsp3) is 0.474. The van der Waals surface area contributed by atoms with Crippen LogP contribution < -0.4 is 16.4 Å². The topological polar surface area (TPSA) is 75.9 Å². The van der Waals surface area contributed by atoms with Crippen molar-refractivity contribution >= 4 is 23.2 Å². The summed E-state index contributed by atoms with van der Waals surface area (Å²) < 4.78 is 0. The van der Waals surface area contributed by atoms with Crippen molar-refractivity contribution in [2.75, 3.05) is 23.7 Å². The summed E-state index contributed by atoms with van der Waals surface area (Å²) in [6.07, 6.45) is 8.95. The van der Waals surface area contributed by atoms with E-state index in [2.05, 4.69) is 20.6 Å². The molecule has 0 amide bonds. The molecule has 0 aliphatic heterocycles. The number of halogens is 1. The van der Waals surface area contributed by atoms with Crippen molar-refractivity contribution < 1.29 is 0 Å². The molecule has 2 heterocycles. The molecule has 2 aromatic heterocycles. The molecule has 5 nitrogen and oxygen atoms in total. The number of anilines is 2. The van der Waals surface area contributed by atoms with Crippen LogP contribution in [0.15, 0.2) is 30.5 Å². The van der Waals surface area contributed by atoms with Crippen LogP contribution in [0.25, 0.3) is 11.3 Å². The van der Waals surface area contributed by atoms with Gasteiger partial charge in [0.1, 0.15) is 11.6 Å². The third-order valence-corrected chi connectivity index (χ3v) is 4.83. The zero-order chi connectivity index (χ0) is 17.5. The Bertz CT molecular complexity index is 685. The molecule has 1 aliphatic carbocycles. The lowest BCUT2D eigenvalue weighted by Crippen LogP contribution is -2.22. The van der Waals surface area contributed by atoms with Crippen molar-refractivity contribution in [3.05, 3.63) is 35.5 Å². The highest BCUT2D eigenvalue weighted by Crippen LogP contribution is 2.30. The first-order chi connectivity index (χ1) is 12.3. The van der Waals surface area contributed by atoms with Crippen LogP contribution in [0.3, 0.4) is 0 Å². The first-order valence-corrected chi connectivity index (χ1v) is 9.47. The van der Waals surface area contributed by atoms with Gasteiger partial charge in [0, 0.05) is 24.3 Å². The number of nitrogens with two attached hydrogens (primary N) is 1. The minimum absolute atomic E-state index is 0.507. The molecule has 3 rings (SSSR count). The number of rotatable bonds is 7. The number of aromatic nitrogens is 2. The molecule has 0 bridgehead atoms. The summed E-state index contributed by atoms with van der Waals surface area (Å²) in [6.45, 7) is 1.48. The first kappa shape index (κ1) is 18.0. The largest absolute Gasteiger partial charge is 0.370 e. The molecule has 1 aliphatic rings. The second-order valence-corrected chi connectivity index (χ2v) is 6.91. The normalized spacial score (nSPS) is 15.1. The van der Waals surface area contributed by atoms with E-state index in [0.29, 0.717) is 17.6 Å². The van der Waals surface area contributed by atoms with Crippen LogP contribution >= 0.6 is 11.6 Å². The van der Waals surface area contributed by atoms with Gasteiger partial charge in [-0.05, 0) is 44.0 Å². The van der Waals surface area contributed by atoms with Crippen LogP contribution in [0.2, 0.25) is 5.02 Å². The fourth-order valence-electron chi connectivity index (χ4n) is 3.17. The Hall–Kier alpha value is -1.85. The summed E-state index contributed by atoms with van der Waals surface area (Å²) in [4.78, 5) is 9.11. The Morgan fingerprint density at radius 2 is 2.00 bits per heavy atom. The third-order valence-electron chi connectivity index (χ3n) is 4.52. The molecule has 0 aromatic carbocycles. The highest BCUT2D eigenvalue weighted by atomic mass is 35.5. The minimum atomic E-state index is 0.507. The summed E-state index contributed by atoms with van der Waals surface area (Å²) in [5.41, 5.74) is 7.28. The second kappa shape index (κ2) is 9.02. The summed E-state index contributed by atoms with van der Waals surface area (Å²) in [5, 5.41) is 7.45. The van der Waals surface area contributed by atoms with Crippen molar-refractivity contribution in [2.45, 2.75) is 44.6 Å². The molecular formula is C19H26ClN5. The van der Waals surface area contributed by atoms with E-state index in [-0.39, 0.29) is 0 Å². The lowest BCUT2D eigenvalue weighted by atomic mass is 9.95. The van der Waals surface area contributed by atoms with Gasteiger partial charge in [0.05, 0.1) is 10.7 Å². The molecule has 1 fully saturated rings. The average molecular weight is 360 g/mol. The summed E-state index contributed by atoms with van der Waals surface area (Å²) in [6, 6.07) is 8.42. The lowest BCUT2D eigenvalue weighted by Gasteiger charge is -2.23. The highest BCUT2D eigenvalue weighted by Gasteiger charge is 2.15. The van der Waals surface area contributed by atoms with Crippen molar-refractivity contribution in [3.8, 4) is 11.3 Å². The van der Waals surface area contributed by atoms with E-state index >= 15 is 0 Å². The minimum Gasteiger partial charge on any atom is -0.370 e. The molecule has 134 valence electrons. The zero-order valence-electron chi connectivity index (χ0n) is 14.5. The molecule has 6 heteroatoms. The Labute approximate surface area is 154 Å². The molecule has 0 atom stereocenters. The van der Waals surface area contributed by atoms with Crippen LogP contribution in [0.1, 0.15) is 38.5 Å². The van der Waals surface area contributed by atoms with Crippen LogP contribution in [-0.4, -0.2) is 29.1 Å². The molecule has 0 unspecified atom stereocenters. The van der Waals surface area contributed by atoms with Gasteiger partial charge in [-0.25, -0.2) is 9.97 Å². The van der Waals surface area contributed by atoms with Crippen LogP contribution in [-0.2, 0) is 0 Å². The van der Waals surface area contributed by atoms with Gasteiger partial charge in [0.25, 0.3) is 0 Å². The Balaban J connectivity index is 1.76. The van der Waals surface area contributed by atoms with Gasteiger partial charge in [-0.15, -0.1) is 0 Å². The van der Waals surface area contributed by atoms with Gasteiger partial charge in [-0.3, -0.25) is 0 Å². The fourth-order valence-corrected chi connectivity index (χ4v) is 3.37. The number of hydrogen-bond donors (Lipinski definition) is 3. The summed E-state index contributed by atoms with van der Waals surface area (Å²) >= 11 is 6.39. The highest BCUT2D eigenvalue weighted by molar-refractivity contribution is 6.33. The van der Waals surface area contributed by atoms with Crippen molar-refractivity contribution in [1.29, 1.82) is 0 Å². The van der Waals surface area contributed by atoms with Gasteiger partial charge in [-0.1, -0.05) is 36.9 Å². The maximum absolute atomic E-state index is 6.39.